The second-order valence-corrected chi connectivity index (χ2v) is 5.44. The minimum atomic E-state index is -4.14. The van der Waals surface area contributed by atoms with Crippen LogP contribution in [-0.4, -0.2) is 30.1 Å². The number of rotatable bonds is 3. The number of likely N-dealkylation sites (tertiary alicyclic amines) is 1. The molecule has 2 N–H and O–H groups in total. The van der Waals surface area contributed by atoms with Crippen LogP contribution in [0.25, 0.3) is 0 Å². The molecule has 1 aromatic carbocycles. The van der Waals surface area contributed by atoms with Crippen LogP contribution in [0.3, 0.4) is 0 Å². The third-order valence-electron chi connectivity index (χ3n) is 3.92. The van der Waals surface area contributed by atoms with Gasteiger partial charge in [0, 0.05) is 25.2 Å². The summed E-state index contributed by atoms with van der Waals surface area (Å²) in [6, 6.07) is 7.26. The van der Waals surface area contributed by atoms with Gasteiger partial charge in [-0.1, -0.05) is 12.1 Å². The molecule has 0 aliphatic carbocycles. The Morgan fingerprint density at radius 1 is 1.19 bits per heavy atom. The fourth-order valence-electron chi connectivity index (χ4n) is 2.55. The lowest BCUT2D eigenvalue weighted by atomic mass is 9.96. The van der Waals surface area contributed by atoms with Crippen molar-refractivity contribution in [3.63, 3.8) is 0 Å². The number of piperidine rings is 1. The molecule has 1 saturated heterocycles. The van der Waals surface area contributed by atoms with Crippen LogP contribution in [0, 0.1) is 5.92 Å². The number of nitrogens with zero attached hydrogens (tertiary/aromatic N) is 1. The predicted molar refractivity (Wildman–Crippen MR) is 74.5 cm³/mol. The lowest BCUT2D eigenvalue weighted by Gasteiger charge is -2.33. The van der Waals surface area contributed by atoms with Crippen LogP contribution in [0.5, 0.6) is 0 Å². The van der Waals surface area contributed by atoms with Crippen molar-refractivity contribution in [3.05, 3.63) is 29.8 Å². The molecule has 2 rings (SSSR count). The highest BCUT2D eigenvalue weighted by atomic mass is 19.4. The molecule has 1 heterocycles. The molecule has 0 bridgehead atoms. The normalized spacial score (nSPS) is 17.0. The van der Waals surface area contributed by atoms with Crippen LogP contribution in [-0.2, 0) is 11.2 Å². The van der Waals surface area contributed by atoms with Gasteiger partial charge in [0.05, 0.1) is 5.92 Å². The van der Waals surface area contributed by atoms with Gasteiger partial charge in [-0.25, -0.2) is 0 Å². The van der Waals surface area contributed by atoms with Gasteiger partial charge in [0.2, 0.25) is 5.91 Å². The van der Waals surface area contributed by atoms with Crippen molar-refractivity contribution in [2.24, 2.45) is 5.92 Å². The molecule has 1 fully saturated rings. The number of hydrogen-bond acceptors (Lipinski definition) is 2. The first-order valence-electron chi connectivity index (χ1n) is 7.05. The van der Waals surface area contributed by atoms with Gasteiger partial charge in [0.25, 0.3) is 0 Å². The smallest absolute Gasteiger partial charge is 0.391 e. The maximum absolute atomic E-state index is 12.6. The number of amides is 1. The molecule has 0 saturated carbocycles. The number of anilines is 1. The number of alkyl halides is 3. The van der Waals surface area contributed by atoms with Gasteiger partial charge in [0.1, 0.15) is 0 Å². The van der Waals surface area contributed by atoms with E-state index < -0.39 is 12.1 Å². The van der Waals surface area contributed by atoms with Gasteiger partial charge >= 0.3 is 6.18 Å². The van der Waals surface area contributed by atoms with Crippen LogP contribution in [0.15, 0.2) is 24.3 Å². The molecular formula is C15H19F3N2O. The van der Waals surface area contributed by atoms with Crippen molar-refractivity contribution >= 4 is 11.6 Å². The van der Waals surface area contributed by atoms with Crippen LogP contribution < -0.4 is 5.73 Å². The Labute approximate surface area is 121 Å². The zero-order valence-corrected chi connectivity index (χ0v) is 11.7. The monoisotopic (exact) mass is 300 g/mol. The number of aryl methyl sites for hydroxylation is 1. The van der Waals surface area contributed by atoms with Crippen molar-refractivity contribution in [3.8, 4) is 0 Å². The third kappa shape index (κ3) is 4.37. The van der Waals surface area contributed by atoms with E-state index in [1.165, 1.54) is 0 Å². The number of hydrogen-bond donors (Lipinski definition) is 1. The van der Waals surface area contributed by atoms with Crippen molar-refractivity contribution in [2.75, 3.05) is 18.8 Å². The third-order valence-corrected chi connectivity index (χ3v) is 3.92. The van der Waals surface area contributed by atoms with Gasteiger partial charge < -0.3 is 10.6 Å². The molecular weight excluding hydrogens is 281 g/mol. The Morgan fingerprint density at radius 3 is 2.29 bits per heavy atom. The molecule has 6 heteroatoms. The SMILES string of the molecule is Nc1ccc(CCC(=O)N2CCC(C(F)(F)F)CC2)cc1. The van der Waals surface area contributed by atoms with Crippen molar-refractivity contribution in [1.82, 2.24) is 4.90 Å². The quantitative estimate of drug-likeness (QED) is 0.872. The second kappa shape index (κ2) is 6.37. The summed E-state index contributed by atoms with van der Waals surface area (Å²) in [5.41, 5.74) is 7.25. The minimum absolute atomic E-state index is 0.0110. The summed E-state index contributed by atoms with van der Waals surface area (Å²) in [4.78, 5) is 13.6. The van der Waals surface area contributed by atoms with E-state index in [0.717, 1.165) is 5.56 Å². The largest absolute Gasteiger partial charge is 0.399 e. The van der Waals surface area contributed by atoms with E-state index >= 15 is 0 Å². The lowest BCUT2D eigenvalue weighted by Crippen LogP contribution is -2.42. The van der Waals surface area contributed by atoms with E-state index in [9.17, 15) is 18.0 Å². The zero-order valence-electron chi connectivity index (χ0n) is 11.7. The topological polar surface area (TPSA) is 46.3 Å². The first-order valence-corrected chi connectivity index (χ1v) is 7.05. The van der Waals surface area contributed by atoms with Gasteiger partial charge in [-0.3, -0.25) is 4.79 Å². The van der Waals surface area contributed by atoms with E-state index in [-0.39, 0.29) is 31.8 Å². The fraction of sp³-hybridized carbons (Fsp3) is 0.533. The molecule has 1 amide bonds. The Balaban J connectivity index is 1.78. The maximum Gasteiger partial charge on any atom is 0.391 e. The maximum atomic E-state index is 12.6. The predicted octanol–water partition coefficient (Wildman–Crippen LogP) is 3.00. The van der Waals surface area contributed by atoms with E-state index in [1.807, 2.05) is 12.1 Å². The van der Waals surface area contributed by atoms with E-state index in [4.69, 9.17) is 5.73 Å². The van der Waals surface area contributed by atoms with Crippen LogP contribution in [0.2, 0.25) is 0 Å². The number of benzene rings is 1. The molecule has 3 nitrogen and oxygen atoms in total. The first kappa shape index (κ1) is 15.7. The van der Waals surface area contributed by atoms with Crippen LogP contribution in [0.1, 0.15) is 24.8 Å². The van der Waals surface area contributed by atoms with Crippen LogP contribution >= 0.6 is 0 Å². The summed E-state index contributed by atoms with van der Waals surface area (Å²) in [5.74, 6) is -1.34. The van der Waals surface area contributed by atoms with E-state index in [0.29, 0.717) is 18.5 Å². The lowest BCUT2D eigenvalue weighted by molar-refractivity contribution is -0.186. The molecule has 1 aromatic rings. The average molecular weight is 300 g/mol. The highest BCUT2D eigenvalue weighted by molar-refractivity contribution is 5.76. The molecule has 0 atom stereocenters. The molecule has 116 valence electrons. The Hall–Kier alpha value is -1.72. The zero-order chi connectivity index (χ0) is 15.5. The summed E-state index contributed by atoms with van der Waals surface area (Å²) < 4.78 is 37.7. The summed E-state index contributed by atoms with van der Waals surface area (Å²) in [6.45, 7) is 0.398. The number of carbonyl (C=O) groups is 1. The molecule has 0 radical (unpaired) electrons. The van der Waals surface area contributed by atoms with Gasteiger partial charge in [-0.15, -0.1) is 0 Å². The van der Waals surface area contributed by atoms with E-state index in [1.54, 1.807) is 17.0 Å². The first-order chi connectivity index (χ1) is 9.86. The summed E-state index contributed by atoms with van der Waals surface area (Å²) in [5, 5.41) is 0. The standard InChI is InChI=1S/C15H19F3N2O/c16-15(17,18)12-7-9-20(10-8-12)14(21)6-3-11-1-4-13(19)5-2-11/h1-2,4-5,12H,3,6-10,19H2. The second-order valence-electron chi connectivity index (χ2n) is 5.44. The van der Waals surface area contributed by atoms with Gasteiger partial charge in [0.15, 0.2) is 0 Å². The summed E-state index contributed by atoms with van der Waals surface area (Å²) in [7, 11) is 0. The molecule has 0 aromatic heterocycles. The molecule has 1 aliphatic rings. The molecule has 21 heavy (non-hydrogen) atoms. The van der Waals surface area contributed by atoms with Crippen LogP contribution in [0.4, 0.5) is 18.9 Å². The number of nitrogen functional groups attached to an aromatic ring is 1. The Morgan fingerprint density at radius 2 is 1.76 bits per heavy atom. The average Bonchev–Trinajstić information content (AvgIpc) is 2.45. The molecule has 1 aliphatic heterocycles. The Bertz CT molecular complexity index is 477. The fourth-order valence-corrected chi connectivity index (χ4v) is 2.55. The highest BCUT2D eigenvalue weighted by Crippen LogP contribution is 2.34. The summed E-state index contributed by atoms with van der Waals surface area (Å²) >= 11 is 0. The molecule has 0 spiro atoms. The number of nitrogens with two attached hydrogens (primary N) is 1. The van der Waals surface area contributed by atoms with Crippen molar-refractivity contribution in [2.45, 2.75) is 31.9 Å². The van der Waals surface area contributed by atoms with Gasteiger partial charge in [-0.05, 0) is 37.0 Å². The number of halogens is 3. The highest BCUT2D eigenvalue weighted by Gasteiger charge is 2.41. The Kier molecular flexibility index (Phi) is 4.75. The number of carbonyl (C=O) groups excluding carboxylic acids is 1. The summed E-state index contributed by atoms with van der Waals surface area (Å²) in [6.07, 6.45) is -3.22. The van der Waals surface area contributed by atoms with Crippen molar-refractivity contribution < 1.29 is 18.0 Å². The minimum Gasteiger partial charge on any atom is -0.399 e. The van der Waals surface area contributed by atoms with Crippen molar-refractivity contribution in [1.29, 1.82) is 0 Å². The molecule has 0 unspecified atom stereocenters. The van der Waals surface area contributed by atoms with E-state index in [2.05, 4.69) is 0 Å². The van der Waals surface area contributed by atoms with Gasteiger partial charge in [-0.2, -0.15) is 13.2 Å².